The monoisotopic (exact) mass is 298 g/mol. The van der Waals surface area contributed by atoms with Crippen LogP contribution in [0.1, 0.15) is 45.8 Å². The molecule has 1 N–H and O–H groups in total. The third-order valence-electron chi connectivity index (χ3n) is 3.19. The van der Waals surface area contributed by atoms with Gasteiger partial charge in [0, 0.05) is 11.4 Å². The predicted octanol–water partition coefficient (Wildman–Crippen LogP) is 3.99. The number of hydrogen-bond donors (Lipinski definition) is 1. The van der Waals surface area contributed by atoms with Crippen LogP contribution in [-0.4, -0.2) is 17.2 Å². The smallest absolute Gasteiger partial charge is 0.308 e. The zero-order valence-corrected chi connectivity index (χ0v) is 13.2. The van der Waals surface area contributed by atoms with E-state index in [9.17, 15) is 9.90 Å². The van der Waals surface area contributed by atoms with E-state index < -0.39 is 6.10 Å². The maximum absolute atomic E-state index is 11.7. The van der Waals surface area contributed by atoms with E-state index in [-0.39, 0.29) is 23.9 Å². The van der Waals surface area contributed by atoms with E-state index in [1.807, 2.05) is 13.8 Å². The van der Waals surface area contributed by atoms with Crippen molar-refractivity contribution in [3.8, 4) is 0 Å². The van der Waals surface area contributed by atoms with Crippen LogP contribution < -0.4 is 0 Å². The molecule has 0 fully saturated rings. The molecular formula is C16H23ClO3. The molecular weight excluding hydrogens is 276 g/mol. The maximum Gasteiger partial charge on any atom is 0.308 e. The second-order valence-corrected chi connectivity index (χ2v) is 6.11. The standard InChI is InChI=1S/C16H23ClO3/c1-10(2)15(20-16(19)11(3)4)9-14(18)12-5-7-13(17)8-6-12/h5-8,10-11,14-15,18H,9H2,1-4H3. The second kappa shape index (κ2) is 7.65. The van der Waals surface area contributed by atoms with Crippen molar-refractivity contribution in [3.05, 3.63) is 34.9 Å². The maximum atomic E-state index is 11.7. The summed E-state index contributed by atoms with van der Waals surface area (Å²) in [5.41, 5.74) is 0.778. The SMILES string of the molecule is CC(C)C(=O)OC(CC(O)c1ccc(Cl)cc1)C(C)C. The van der Waals surface area contributed by atoms with E-state index in [0.717, 1.165) is 5.56 Å². The number of carbonyl (C=O) groups is 1. The molecule has 0 spiro atoms. The van der Waals surface area contributed by atoms with Crippen molar-refractivity contribution in [2.24, 2.45) is 11.8 Å². The Bertz CT molecular complexity index is 426. The lowest BCUT2D eigenvalue weighted by Gasteiger charge is -2.25. The number of aliphatic hydroxyl groups excluding tert-OH is 1. The van der Waals surface area contributed by atoms with E-state index >= 15 is 0 Å². The fourth-order valence-electron chi connectivity index (χ4n) is 1.78. The Labute approximate surface area is 125 Å². The molecule has 1 aromatic carbocycles. The average Bonchev–Trinajstić information content (AvgIpc) is 2.38. The van der Waals surface area contributed by atoms with Gasteiger partial charge in [-0.2, -0.15) is 0 Å². The number of benzene rings is 1. The van der Waals surface area contributed by atoms with E-state index in [1.165, 1.54) is 0 Å². The van der Waals surface area contributed by atoms with Crippen LogP contribution >= 0.6 is 11.6 Å². The Morgan fingerprint density at radius 2 is 1.75 bits per heavy atom. The minimum absolute atomic E-state index is 0.152. The molecule has 0 amide bonds. The summed E-state index contributed by atoms with van der Waals surface area (Å²) < 4.78 is 5.46. The Morgan fingerprint density at radius 1 is 1.20 bits per heavy atom. The van der Waals surface area contributed by atoms with Gasteiger partial charge >= 0.3 is 5.97 Å². The Morgan fingerprint density at radius 3 is 2.20 bits per heavy atom. The van der Waals surface area contributed by atoms with E-state index in [2.05, 4.69) is 0 Å². The third kappa shape index (κ3) is 5.14. The molecule has 0 aliphatic heterocycles. The molecule has 0 aromatic heterocycles. The zero-order valence-electron chi connectivity index (χ0n) is 12.5. The Kier molecular flexibility index (Phi) is 6.50. The van der Waals surface area contributed by atoms with Crippen molar-refractivity contribution in [3.63, 3.8) is 0 Å². The molecule has 2 unspecified atom stereocenters. The number of ether oxygens (including phenoxy) is 1. The molecule has 0 bridgehead atoms. The van der Waals surface area contributed by atoms with Gasteiger partial charge in [-0.15, -0.1) is 0 Å². The van der Waals surface area contributed by atoms with Crippen molar-refractivity contribution in [2.45, 2.75) is 46.3 Å². The van der Waals surface area contributed by atoms with Gasteiger partial charge in [-0.1, -0.05) is 51.4 Å². The van der Waals surface area contributed by atoms with Gasteiger partial charge in [0.15, 0.2) is 0 Å². The number of carbonyl (C=O) groups excluding carboxylic acids is 1. The van der Waals surface area contributed by atoms with Crippen LogP contribution in [0.3, 0.4) is 0 Å². The van der Waals surface area contributed by atoms with Crippen molar-refractivity contribution < 1.29 is 14.6 Å². The normalized spacial score (nSPS) is 14.4. The molecule has 0 aliphatic rings. The minimum Gasteiger partial charge on any atom is -0.462 e. The number of halogens is 1. The molecule has 0 radical (unpaired) electrons. The van der Waals surface area contributed by atoms with Crippen LogP contribution in [0.15, 0.2) is 24.3 Å². The lowest BCUT2D eigenvalue weighted by Crippen LogP contribution is -2.28. The molecule has 0 saturated heterocycles. The lowest BCUT2D eigenvalue weighted by molar-refractivity contribution is -0.156. The van der Waals surface area contributed by atoms with Gasteiger partial charge in [-0.25, -0.2) is 0 Å². The molecule has 0 heterocycles. The summed E-state index contributed by atoms with van der Waals surface area (Å²) in [5.74, 6) is -0.240. The zero-order chi connectivity index (χ0) is 15.3. The van der Waals surface area contributed by atoms with E-state index in [4.69, 9.17) is 16.3 Å². The number of aliphatic hydroxyl groups is 1. The Hall–Kier alpha value is -1.06. The first kappa shape index (κ1) is 17.0. The van der Waals surface area contributed by atoms with Crippen LogP contribution in [-0.2, 0) is 9.53 Å². The van der Waals surface area contributed by atoms with E-state index in [0.29, 0.717) is 11.4 Å². The fraction of sp³-hybridized carbons (Fsp3) is 0.562. The molecule has 1 rings (SSSR count). The first-order chi connectivity index (χ1) is 9.31. The first-order valence-corrected chi connectivity index (χ1v) is 7.33. The molecule has 4 heteroatoms. The van der Waals surface area contributed by atoms with Crippen LogP contribution in [0.25, 0.3) is 0 Å². The second-order valence-electron chi connectivity index (χ2n) is 5.68. The number of esters is 1. The first-order valence-electron chi connectivity index (χ1n) is 6.95. The summed E-state index contributed by atoms with van der Waals surface area (Å²) >= 11 is 5.83. The summed E-state index contributed by atoms with van der Waals surface area (Å²) in [6.07, 6.45) is -0.576. The van der Waals surface area contributed by atoms with E-state index in [1.54, 1.807) is 38.1 Å². The van der Waals surface area contributed by atoms with Gasteiger partial charge in [-0.05, 0) is 23.6 Å². The summed E-state index contributed by atoms with van der Waals surface area (Å²) in [4.78, 5) is 11.7. The molecule has 0 saturated carbocycles. The average molecular weight is 299 g/mol. The summed E-state index contributed by atoms with van der Waals surface area (Å²) in [7, 11) is 0. The van der Waals surface area contributed by atoms with Gasteiger partial charge in [-0.3, -0.25) is 4.79 Å². The highest BCUT2D eigenvalue weighted by molar-refractivity contribution is 6.30. The highest BCUT2D eigenvalue weighted by Gasteiger charge is 2.24. The largest absolute Gasteiger partial charge is 0.462 e. The molecule has 3 nitrogen and oxygen atoms in total. The van der Waals surface area contributed by atoms with Gasteiger partial charge < -0.3 is 9.84 Å². The molecule has 1 aromatic rings. The van der Waals surface area contributed by atoms with Gasteiger partial charge in [0.05, 0.1) is 12.0 Å². The van der Waals surface area contributed by atoms with Crippen molar-refractivity contribution in [2.75, 3.05) is 0 Å². The molecule has 0 aliphatic carbocycles. The van der Waals surface area contributed by atoms with Crippen LogP contribution in [0, 0.1) is 11.8 Å². The quantitative estimate of drug-likeness (QED) is 0.808. The summed E-state index contributed by atoms with van der Waals surface area (Å²) in [5, 5.41) is 10.9. The van der Waals surface area contributed by atoms with Gasteiger partial charge in [0.2, 0.25) is 0 Å². The predicted molar refractivity (Wildman–Crippen MR) is 80.6 cm³/mol. The van der Waals surface area contributed by atoms with Crippen molar-refractivity contribution in [1.82, 2.24) is 0 Å². The fourth-order valence-corrected chi connectivity index (χ4v) is 1.91. The summed E-state index contributed by atoms with van der Waals surface area (Å²) in [6, 6.07) is 7.05. The number of rotatable bonds is 6. The van der Waals surface area contributed by atoms with Gasteiger partial charge in [0.1, 0.15) is 6.10 Å². The lowest BCUT2D eigenvalue weighted by atomic mass is 9.96. The highest BCUT2D eigenvalue weighted by Crippen LogP contribution is 2.25. The van der Waals surface area contributed by atoms with Crippen LogP contribution in [0.2, 0.25) is 5.02 Å². The third-order valence-corrected chi connectivity index (χ3v) is 3.44. The minimum atomic E-state index is -0.667. The molecule has 112 valence electrons. The number of hydrogen-bond acceptors (Lipinski definition) is 3. The molecule has 20 heavy (non-hydrogen) atoms. The molecule has 2 atom stereocenters. The highest BCUT2D eigenvalue weighted by atomic mass is 35.5. The Balaban J connectivity index is 2.70. The topological polar surface area (TPSA) is 46.5 Å². The van der Waals surface area contributed by atoms with Crippen molar-refractivity contribution >= 4 is 17.6 Å². The van der Waals surface area contributed by atoms with Crippen LogP contribution in [0.4, 0.5) is 0 Å². The van der Waals surface area contributed by atoms with Crippen LogP contribution in [0.5, 0.6) is 0 Å². The van der Waals surface area contributed by atoms with Gasteiger partial charge in [0.25, 0.3) is 0 Å². The summed E-state index contributed by atoms with van der Waals surface area (Å²) in [6.45, 7) is 7.56. The van der Waals surface area contributed by atoms with Crippen molar-refractivity contribution in [1.29, 1.82) is 0 Å².